The fourth-order valence-corrected chi connectivity index (χ4v) is 2.90. The van der Waals surface area contributed by atoms with Crippen LogP contribution in [0.1, 0.15) is 11.1 Å². The van der Waals surface area contributed by atoms with E-state index < -0.39 is 0 Å². The highest BCUT2D eigenvalue weighted by Gasteiger charge is 2.33. The number of methoxy groups -OCH3 is 2. The van der Waals surface area contributed by atoms with Gasteiger partial charge in [-0.05, 0) is 24.1 Å². The molecule has 1 aromatic rings. The van der Waals surface area contributed by atoms with Crippen molar-refractivity contribution in [1.82, 2.24) is 0 Å². The lowest BCUT2D eigenvalue weighted by Gasteiger charge is -2.21. The Hall–Kier alpha value is -0.580. The molecule has 3 nitrogen and oxygen atoms in total. The van der Waals surface area contributed by atoms with Gasteiger partial charge in [-0.1, -0.05) is 28.1 Å². The minimum absolute atomic E-state index is 0.158. The summed E-state index contributed by atoms with van der Waals surface area (Å²) < 4.78 is 11.0. The zero-order valence-corrected chi connectivity index (χ0v) is 12.7. The average Bonchev–Trinajstić information content (AvgIpc) is 2.81. The second kappa shape index (κ2) is 6.04. The van der Waals surface area contributed by atoms with E-state index in [1.807, 2.05) is 0 Å². The van der Waals surface area contributed by atoms with Crippen molar-refractivity contribution in [3.8, 4) is 0 Å². The number of halogens is 1. The Morgan fingerprint density at radius 2 is 1.83 bits per heavy atom. The number of rotatable bonds is 4. The predicted molar refractivity (Wildman–Crippen MR) is 77.6 cm³/mol. The van der Waals surface area contributed by atoms with E-state index in [9.17, 15) is 0 Å². The van der Waals surface area contributed by atoms with Crippen LogP contribution in [-0.4, -0.2) is 39.5 Å². The lowest BCUT2D eigenvalue weighted by atomic mass is 10.1. The number of alkyl halides is 1. The molecule has 0 aliphatic carbocycles. The lowest BCUT2D eigenvalue weighted by Crippen LogP contribution is -2.27. The van der Waals surface area contributed by atoms with Gasteiger partial charge in [0.1, 0.15) is 12.2 Å². The lowest BCUT2D eigenvalue weighted by molar-refractivity contribution is -0.00461. The Morgan fingerprint density at radius 3 is 2.28 bits per heavy atom. The van der Waals surface area contributed by atoms with Gasteiger partial charge in [-0.25, -0.2) is 0 Å². The average molecular weight is 314 g/mol. The standard InChI is InChI=1S/C14H20BrNO2/c1-10-6-11(7-15)4-5-12(10)16-8-13(17-2)14(9-16)18-3/h4-6,13-14H,7-9H2,1-3H3. The largest absolute Gasteiger partial charge is 0.377 e. The van der Waals surface area contributed by atoms with E-state index in [1.165, 1.54) is 16.8 Å². The molecule has 2 rings (SSSR count). The first-order valence-corrected chi connectivity index (χ1v) is 7.27. The highest BCUT2D eigenvalue weighted by Crippen LogP contribution is 2.27. The number of aryl methyl sites for hydroxylation is 1. The molecular formula is C14H20BrNO2. The summed E-state index contributed by atoms with van der Waals surface area (Å²) in [4.78, 5) is 2.34. The Kier molecular flexibility index (Phi) is 4.65. The zero-order chi connectivity index (χ0) is 13.1. The van der Waals surface area contributed by atoms with Crippen molar-refractivity contribution in [3.05, 3.63) is 29.3 Å². The van der Waals surface area contributed by atoms with Crippen LogP contribution in [0.5, 0.6) is 0 Å². The third-order valence-electron chi connectivity index (χ3n) is 3.58. The van der Waals surface area contributed by atoms with Crippen molar-refractivity contribution in [2.24, 2.45) is 0 Å². The van der Waals surface area contributed by atoms with Crippen LogP contribution in [0, 0.1) is 6.92 Å². The summed E-state index contributed by atoms with van der Waals surface area (Å²) in [5, 5.41) is 0.898. The van der Waals surface area contributed by atoms with Crippen LogP contribution in [0.2, 0.25) is 0 Å². The number of ether oxygens (including phenoxy) is 2. The van der Waals surface area contributed by atoms with Crippen molar-refractivity contribution in [1.29, 1.82) is 0 Å². The van der Waals surface area contributed by atoms with Gasteiger partial charge in [0, 0.05) is 38.3 Å². The highest BCUT2D eigenvalue weighted by molar-refractivity contribution is 9.08. The van der Waals surface area contributed by atoms with E-state index in [1.54, 1.807) is 14.2 Å². The van der Waals surface area contributed by atoms with Gasteiger partial charge in [-0.15, -0.1) is 0 Å². The van der Waals surface area contributed by atoms with E-state index in [2.05, 4.69) is 46.0 Å². The molecule has 2 atom stereocenters. The van der Waals surface area contributed by atoms with Crippen LogP contribution >= 0.6 is 15.9 Å². The number of hydrogen-bond donors (Lipinski definition) is 0. The van der Waals surface area contributed by atoms with E-state index in [0.717, 1.165) is 18.4 Å². The number of benzene rings is 1. The highest BCUT2D eigenvalue weighted by atomic mass is 79.9. The van der Waals surface area contributed by atoms with Gasteiger partial charge in [-0.3, -0.25) is 0 Å². The van der Waals surface area contributed by atoms with Crippen molar-refractivity contribution in [2.45, 2.75) is 24.5 Å². The minimum atomic E-state index is 0.158. The van der Waals surface area contributed by atoms with Crippen molar-refractivity contribution in [3.63, 3.8) is 0 Å². The topological polar surface area (TPSA) is 21.7 Å². The first kappa shape index (κ1) is 13.8. The zero-order valence-electron chi connectivity index (χ0n) is 11.1. The third kappa shape index (κ3) is 2.71. The second-order valence-corrected chi connectivity index (χ2v) is 5.27. The molecule has 100 valence electrons. The van der Waals surface area contributed by atoms with Crippen molar-refractivity contribution < 1.29 is 9.47 Å². The van der Waals surface area contributed by atoms with Crippen LogP contribution in [0.4, 0.5) is 5.69 Å². The molecule has 0 N–H and O–H groups in total. The minimum Gasteiger partial charge on any atom is -0.377 e. The van der Waals surface area contributed by atoms with E-state index in [-0.39, 0.29) is 12.2 Å². The summed E-state index contributed by atoms with van der Waals surface area (Å²) >= 11 is 3.49. The van der Waals surface area contributed by atoms with Crippen LogP contribution in [0.15, 0.2) is 18.2 Å². The summed E-state index contributed by atoms with van der Waals surface area (Å²) in [7, 11) is 3.50. The first-order chi connectivity index (χ1) is 8.69. The van der Waals surface area contributed by atoms with Gasteiger partial charge in [0.15, 0.2) is 0 Å². The van der Waals surface area contributed by atoms with E-state index >= 15 is 0 Å². The smallest absolute Gasteiger partial charge is 0.102 e. The molecule has 0 saturated carbocycles. The fourth-order valence-electron chi connectivity index (χ4n) is 2.55. The molecular weight excluding hydrogens is 294 g/mol. The molecule has 1 aliphatic heterocycles. The van der Waals surface area contributed by atoms with Gasteiger partial charge in [0.25, 0.3) is 0 Å². The molecule has 1 heterocycles. The summed E-state index contributed by atoms with van der Waals surface area (Å²) in [6, 6.07) is 6.59. The Morgan fingerprint density at radius 1 is 1.22 bits per heavy atom. The molecule has 0 amide bonds. The van der Waals surface area contributed by atoms with Crippen LogP contribution < -0.4 is 4.90 Å². The molecule has 1 aromatic carbocycles. The van der Waals surface area contributed by atoms with Crippen LogP contribution in [0.3, 0.4) is 0 Å². The molecule has 0 spiro atoms. The summed E-state index contributed by atoms with van der Waals surface area (Å²) in [5.41, 5.74) is 3.89. The van der Waals surface area contributed by atoms with Gasteiger partial charge >= 0.3 is 0 Å². The molecule has 0 radical (unpaired) electrons. The number of hydrogen-bond acceptors (Lipinski definition) is 3. The number of nitrogens with zero attached hydrogens (tertiary/aromatic N) is 1. The normalized spacial score (nSPS) is 23.7. The van der Waals surface area contributed by atoms with E-state index in [0.29, 0.717) is 0 Å². The van der Waals surface area contributed by atoms with Gasteiger partial charge < -0.3 is 14.4 Å². The Labute approximate surface area is 117 Å². The second-order valence-electron chi connectivity index (χ2n) is 4.71. The van der Waals surface area contributed by atoms with Gasteiger partial charge in [0.2, 0.25) is 0 Å². The molecule has 0 bridgehead atoms. The van der Waals surface area contributed by atoms with Gasteiger partial charge in [0.05, 0.1) is 0 Å². The summed E-state index contributed by atoms with van der Waals surface area (Å²) in [6.45, 7) is 3.94. The summed E-state index contributed by atoms with van der Waals surface area (Å²) in [5.74, 6) is 0. The third-order valence-corrected chi connectivity index (χ3v) is 4.22. The van der Waals surface area contributed by atoms with Crippen LogP contribution in [-0.2, 0) is 14.8 Å². The first-order valence-electron chi connectivity index (χ1n) is 6.15. The predicted octanol–water partition coefficient (Wildman–Crippen LogP) is 2.74. The van der Waals surface area contributed by atoms with Crippen molar-refractivity contribution in [2.75, 3.05) is 32.2 Å². The number of anilines is 1. The maximum atomic E-state index is 5.48. The quantitative estimate of drug-likeness (QED) is 0.798. The van der Waals surface area contributed by atoms with E-state index in [4.69, 9.17) is 9.47 Å². The molecule has 1 saturated heterocycles. The molecule has 0 aromatic heterocycles. The summed E-state index contributed by atoms with van der Waals surface area (Å²) in [6.07, 6.45) is 0.315. The molecule has 4 heteroatoms. The maximum Gasteiger partial charge on any atom is 0.102 e. The van der Waals surface area contributed by atoms with Crippen LogP contribution in [0.25, 0.3) is 0 Å². The van der Waals surface area contributed by atoms with Gasteiger partial charge in [-0.2, -0.15) is 0 Å². The maximum absolute atomic E-state index is 5.48. The molecule has 18 heavy (non-hydrogen) atoms. The molecule has 2 unspecified atom stereocenters. The monoisotopic (exact) mass is 313 g/mol. The Balaban J connectivity index is 2.18. The van der Waals surface area contributed by atoms with Crippen molar-refractivity contribution >= 4 is 21.6 Å². The SMILES string of the molecule is COC1CN(c2ccc(CBr)cc2C)CC1OC. The Bertz CT molecular complexity index is 399. The fraction of sp³-hybridized carbons (Fsp3) is 0.571. The molecule has 1 fully saturated rings. The molecule has 1 aliphatic rings.